The first-order valence-electron chi connectivity index (χ1n) is 6.22. The van der Waals surface area contributed by atoms with Crippen LogP contribution in [-0.2, 0) is 6.42 Å². The predicted octanol–water partition coefficient (Wildman–Crippen LogP) is 3.64. The van der Waals surface area contributed by atoms with Gasteiger partial charge in [-0.25, -0.2) is 4.98 Å². The molecule has 0 saturated carbocycles. The molecule has 0 radical (unpaired) electrons. The van der Waals surface area contributed by atoms with Crippen LogP contribution in [0.4, 0.5) is 0 Å². The molecule has 3 nitrogen and oxygen atoms in total. The Morgan fingerprint density at radius 1 is 1.40 bits per heavy atom. The van der Waals surface area contributed by atoms with Crippen LogP contribution < -0.4 is 5.56 Å². The van der Waals surface area contributed by atoms with Crippen LogP contribution in [0.25, 0.3) is 5.69 Å². The molecule has 0 amide bonds. The third kappa shape index (κ3) is 2.38. The highest BCUT2D eigenvalue weighted by molar-refractivity contribution is 8.00. The van der Waals surface area contributed by atoms with Crippen LogP contribution in [-0.4, -0.2) is 21.1 Å². The molecule has 1 aromatic carbocycles. The first-order chi connectivity index (χ1) is 9.60. The summed E-state index contributed by atoms with van der Waals surface area (Å²) in [5.74, 6) is 0. The van der Waals surface area contributed by atoms with Gasteiger partial charge in [0.15, 0.2) is 5.16 Å². The summed E-state index contributed by atoms with van der Waals surface area (Å²) >= 11 is 9.02. The van der Waals surface area contributed by atoms with Crippen molar-refractivity contribution < 1.29 is 0 Å². The van der Waals surface area contributed by atoms with Crippen molar-refractivity contribution in [1.82, 2.24) is 9.55 Å². The van der Waals surface area contributed by atoms with Gasteiger partial charge in [0.1, 0.15) is 0 Å². The van der Waals surface area contributed by atoms with Gasteiger partial charge in [0.05, 0.1) is 16.3 Å². The minimum atomic E-state index is 0.0241. The van der Waals surface area contributed by atoms with Crippen LogP contribution in [0, 0.1) is 0 Å². The summed E-state index contributed by atoms with van der Waals surface area (Å²) in [6.07, 6.45) is 2.80. The van der Waals surface area contributed by atoms with Crippen LogP contribution >= 0.6 is 35.1 Å². The number of rotatable bonds is 2. The van der Waals surface area contributed by atoms with Crippen molar-refractivity contribution >= 4 is 35.1 Å². The molecule has 104 valence electrons. The largest absolute Gasteiger partial charge is 0.272 e. The zero-order valence-electron chi connectivity index (χ0n) is 11.1. The normalized spacial score (nSPS) is 17.2. The van der Waals surface area contributed by atoms with Crippen LogP contribution in [0.3, 0.4) is 0 Å². The van der Waals surface area contributed by atoms with Gasteiger partial charge in [-0.15, -0.1) is 11.8 Å². The Hall–Kier alpha value is -0.910. The fraction of sp³-hybridized carbons (Fsp3) is 0.286. The fourth-order valence-corrected chi connectivity index (χ4v) is 4.05. The van der Waals surface area contributed by atoms with Crippen molar-refractivity contribution in [2.24, 2.45) is 0 Å². The highest BCUT2D eigenvalue weighted by Gasteiger charge is 2.26. The van der Waals surface area contributed by atoms with Gasteiger partial charge in [-0.2, -0.15) is 0 Å². The molecule has 0 spiro atoms. The zero-order valence-corrected chi connectivity index (χ0v) is 13.5. The van der Waals surface area contributed by atoms with Crippen LogP contribution in [0.5, 0.6) is 0 Å². The molecule has 2 aromatic rings. The molecular formula is C14H13ClN2OS2. The number of fused-ring (bicyclic) bond motifs is 1. The number of nitrogens with zero attached hydrogens (tertiary/aromatic N) is 2. The molecule has 20 heavy (non-hydrogen) atoms. The molecule has 2 heterocycles. The maximum Gasteiger partial charge on any atom is 0.272 e. The second-order valence-corrected chi connectivity index (χ2v) is 7.28. The van der Waals surface area contributed by atoms with E-state index in [1.807, 2.05) is 18.4 Å². The molecule has 0 bridgehead atoms. The van der Waals surface area contributed by atoms with Crippen molar-refractivity contribution in [3.05, 3.63) is 45.3 Å². The number of hydrogen-bond acceptors (Lipinski definition) is 4. The Morgan fingerprint density at radius 3 is 2.75 bits per heavy atom. The fourth-order valence-electron chi connectivity index (χ4n) is 2.25. The minimum Gasteiger partial charge on any atom is -0.268 e. The van der Waals surface area contributed by atoms with Crippen molar-refractivity contribution in [1.29, 1.82) is 0 Å². The number of hydrogen-bond donors (Lipinski definition) is 0. The summed E-state index contributed by atoms with van der Waals surface area (Å²) < 4.78 is 1.67. The lowest BCUT2D eigenvalue weighted by Crippen LogP contribution is -2.23. The van der Waals surface area contributed by atoms with E-state index in [1.165, 1.54) is 11.8 Å². The summed E-state index contributed by atoms with van der Waals surface area (Å²) in [5, 5.41) is 1.80. The molecule has 1 aliphatic heterocycles. The Balaban J connectivity index is 2.23. The van der Waals surface area contributed by atoms with E-state index in [2.05, 4.69) is 11.9 Å². The SMILES string of the molecule is CSc1nc2c(c(=O)n1-c1ccc(Cl)cc1)SC(C)C2. The first-order valence-corrected chi connectivity index (χ1v) is 8.71. The molecule has 6 heteroatoms. The smallest absolute Gasteiger partial charge is 0.268 e. The Bertz CT molecular complexity index is 712. The number of thioether (sulfide) groups is 2. The average Bonchev–Trinajstić information content (AvgIpc) is 2.81. The van der Waals surface area contributed by atoms with Gasteiger partial charge < -0.3 is 0 Å². The molecule has 1 aromatic heterocycles. The van der Waals surface area contributed by atoms with Gasteiger partial charge in [-0.05, 0) is 30.5 Å². The van der Waals surface area contributed by atoms with E-state index in [9.17, 15) is 4.79 Å². The van der Waals surface area contributed by atoms with E-state index >= 15 is 0 Å². The lowest BCUT2D eigenvalue weighted by Gasteiger charge is -2.12. The predicted molar refractivity (Wildman–Crippen MR) is 85.6 cm³/mol. The molecule has 0 saturated heterocycles. The third-order valence-electron chi connectivity index (χ3n) is 3.15. The van der Waals surface area contributed by atoms with Crippen LogP contribution in [0.2, 0.25) is 5.02 Å². The molecule has 1 unspecified atom stereocenters. The molecule has 3 rings (SSSR count). The summed E-state index contributed by atoms with van der Waals surface area (Å²) in [5.41, 5.74) is 1.76. The van der Waals surface area contributed by atoms with Crippen molar-refractivity contribution in [3.63, 3.8) is 0 Å². The van der Waals surface area contributed by atoms with E-state index in [1.54, 1.807) is 28.5 Å². The first kappa shape index (κ1) is 14.0. The van der Waals surface area contributed by atoms with Gasteiger partial charge in [-0.1, -0.05) is 30.3 Å². The third-order valence-corrected chi connectivity index (χ3v) is 5.25. The van der Waals surface area contributed by atoms with Gasteiger partial charge in [0.25, 0.3) is 5.56 Å². The van der Waals surface area contributed by atoms with Crippen molar-refractivity contribution in [3.8, 4) is 5.69 Å². The van der Waals surface area contributed by atoms with Crippen LogP contribution in [0.1, 0.15) is 12.6 Å². The zero-order chi connectivity index (χ0) is 14.3. The van der Waals surface area contributed by atoms with Crippen molar-refractivity contribution in [2.75, 3.05) is 6.26 Å². The molecule has 0 N–H and O–H groups in total. The highest BCUT2D eigenvalue weighted by Crippen LogP contribution is 2.34. The number of halogens is 1. The Kier molecular flexibility index (Phi) is 3.84. The monoisotopic (exact) mass is 324 g/mol. The Morgan fingerprint density at radius 2 is 2.10 bits per heavy atom. The summed E-state index contributed by atoms with van der Waals surface area (Å²) in [7, 11) is 0. The molecule has 0 aliphatic carbocycles. The second kappa shape index (κ2) is 5.47. The van der Waals surface area contributed by atoms with Crippen molar-refractivity contribution in [2.45, 2.75) is 28.6 Å². The topological polar surface area (TPSA) is 34.9 Å². The molecule has 1 aliphatic rings. The summed E-state index contributed by atoms with van der Waals surface area (Å²) in [6, 6.07) is 7.27. The number of benzene rings is 1. The van der Waals surface area contributed by atoms with E-state index in [4.69, 9.17) is 11.6 Å². The molecule has 1 atom stereocenters. The molecule has 0 fully saturated rings. The Labute approximate surface area is 130 Å². The lowest BCUT2D eigenvalue weighted by molar-refractivity contribution is 0.732. The minimum absolute atomic E-state index is 0.0241. The van der Waals surface area contributed by atoms with E-state index in [-0.39, 0.29) is 5.56 Å². The van der Waals surface area contributed by atoms with E-state index < -0.39 is 0 Å². The van der Waals surface area contributed by atoms with E-state index in [0.29, 0.717) is 10.3 Å². The quantitative estimate of drug-likeness (QED) is 0.624. The van der Waals surface area contributed by atoms with Crippen LogP contribution in [0.15, 0.2) is 39.1 Å². The average molecular weight is 325 g/mol. The van der Waals surface area contributed by atoms with Gasteiger partial charge in [0, 0.05) is 16.7 Å². The summed E-state index contributed by atoms with van der Waals surface area (Å²) in [4.78, 5) is 18.2. The van der Waals surface area contributed by atoms with E-state index in [0.717, 1.165) is 27.9 Å². The van der Waals surface area contributed by atoms with Gasteiger partial charge in [-0.3, -0.25) is 9.36 Å². The highest BCUT2D eigenvalue weighted by atomic mass is 35.5. The van der Waals surface area contributed by atoms with Gasteiger partial charge in [0.2, 0.25) is 0 Å². The standard InChI is InChI=1S/C14H13ClN2OS2/c1-8-7-11-12(20-8)13(18)17(14(16-11)19-2)10-5-3-9(15)4-6-10/h3-6,8H,7H2,1-2H3. The second-order valence-electron chi connectivity index (χ2n) is 4.62. The lowest BCUT2D eigenvalue weighted by atomic mass is 10.2. The van der Waals surface area contributed by atoms with Gasteiger partial charge >= 0.3 is 0 Å². The number of aromatic nitrogens is 2. The maximum atomic E-state index is 12.7. The maximum absolute atomic E-state index is 12.7. The molecular weight excluding hydrogens is 312 g/mol. The summed E-state index contributed by atoms with van der Waals surface area (Å²) in [6.45, 7) is 2.12.